The van der Waals surface area contributed by atoms with Gasteiger partial charge in [-0.15, -0.1) is 0 Å². The maximum absolute atomic E-state index is 14.5. The molecule has 1 saturated heterocycles. The molecule has 4 heterocycles. The van der Waals surface area contributed by atoms with E-state index in [1.165, 1.54) is 17.4 Å². The molecule has 0 amide bonds. The number of aromatic nitrogens is 4. The molecule has 0 saturated carbocycles. The van der Waals surface area contributed by atoms with Gasteiger partial charge >= 0.3 is 0 Å². The van der Waals surface area contributed by atoms with Crippen LogP contribution < -0.4 is 5.32 Å². The van der Waals surface area contributed by atoms with Crippen LogP contribution in [0.4, 0.5) is 4.39 Å². The van der Waals surface area contributed by atoms with Gasteiger partial charge in [0.1, 0.15) is 5.82 Å². The van der Waals surface area contributed by atoms with Gasteiger partial charge in [0.25, 0.3) is 0 Å². The molecule has 3 aromatic heterocycles. The fourth-order valence-corrected chi connectivity index (χ4v) is 4.60. The Labute approximate surface area is 148 Å². The number of nitrogens with one attached hydrogen (secondary N) is 1. The van der Waals surface area contributed by atoms with Gasteiger partial charge in [0.15, 0.2) is 4.96 Å². The van der Waals surface area contributed by atoms with Crippen LogP contribution >= 0.6 is 11.3 Å². The summed E-state index contributed by atoms with van der Waals surface area (Å²) in [6, 6.07) is 3.38. The molecule has 1 aliphatic heterocycles. The van der Waals surface area contributed by atoms with Gasteiger partial charge in [0.05, 0.1) is 16.1 Å². The normalized spacial score (nSPS) is 16.2. The summed E-state index contributed by atoms with van der Waals surface area (Å²) in [5.41, 5.74) is 2.44. The summed E-state index contributed by atoms with van der Waals surface area (Å²) in [5, 5.41) is 8.59. The number of imidazole rings is 1. The number of fused-ring (bicyclic) bond motifs is 2. The Morgan fingerprint density at radius 3 is 2.84 bits per heavy atom. The Hall–Kier alpha value is -2.25. The first-order valence-corrected chi connectivity index (χ1v) is 9.31. The number of halogens is 1. The summed E-state index contributed by atoms with van der Waals surface area (Å²) in [7, 11) is 1.85. The van der Waals surface area contributed by atoms with E-state index in [0.717, 1.165) is 46.8 Å². The van der Waals surface area contributed by atoms with Crippen molar-refractivity contribution < 1.29 is 4.39 Å². The van der Waals surface area contributed by atoms with Crippen molar-refractivity contribution in [1.82, 2.24) is 24.5 Å². The molecule has 128 valence electrons. The van der Waals surface area contributed by atoms with Crippen molar-refractivity contribution >= 4 is 27.2 Å². The van der Waals surface area contributed by atoms with Gasteiger partial charge < -0.3 is 5.32 Å². The summed E-state index contributed by atoms with van der Waals surface area (Å²) in [4.78, 5) is 6.61. The minimum atomic E-state index is -0.241. The maximum atomic E-state index is 14.5. The first-order valence-electron chi connectivity index (χ1n) is 8.50. The molecule has 1 aromatic carbocycles. The predicted molar refractivity (Wildman–Crippen MR) is 97.6 cm³/mol. The highest BCUT2D eigenvalue weighted by atomic mass is 32.1. The summed E-state index contributed by atoms with van der Waals surface area (Å²) in [6.07, 6.45) is 8.25. The molecule has 0 atom stereocenters. The van der Waals surface area contributed by atoms with Crippen LogP contribution in [0.25, 0.3) is 26.3 Å². The fourth-order valence-electron chi connectivity index (χ4n) is 3.61. The molecule has 0 aliphatic carbocycles. The van der Waals surface area contributed by atoms with E-state index in [1.807, 2.05) is 29.9 Å². The zero-order valence-corrected chi connectivity index (χ0v) is 14.7. The average molecular weight is 355 g/mol. The van der Waals surface area contributed by atoms with Crippen LogP contribution in [0.15, 0.2) is 30.7 Å². The molecule has 5 rings (SSSR count). The van der Waals surface area contributed by atoms with Gasteiger partial charge in [-0.1, -0.05) is 11.3 Å². The Kier molecular flexibility index (Phi) is 3.39. The maximum Gasteiger partial charge on any atom is 0.194 e. The first kappa shape index (κ1) is 15.0. The smallest absolute Gasteiger partial charge is 0.194 e. The molecule has 5 nitrogen and oxygen atoms in total. The van der Waals surface area contributed by atoms with Crippen molar-refractivity contribution in [2.75, 3.05) is 13.1 Å². The van der Waals surface area contributed by atoms with Gasteiger partial charge in [0, 0.05) is 48.6 Å². The van der Waals surface area contributed by atoms with Crippen LogP contribution in [0.1, 0.15) is 24.5 Å². The Bertz CT molecular complexity index is 1040. The van der Waals surface area contributed by atoms with E-state index in [-0.39, 0.29) is 5.82 Å². The monoisotopic (exact) mass is 355 g/mol. The van der Waals surface area contributed by atoms with Crippen LogP contribution in [0.5, 0.6) is 0 Å². The lowest BCUT2D eigenvalue weighted by Crippen LogP contribution is -2.26. The number of rotatable bonds is 2. The molecule has 0 spiro atoms. The third-order valence-corrected chi connectivity index (χ3v) is 5.94. The minimum absolute atomic E-state index is 0.241. The van der Waals surface area contributed by atoms with Crippen molar-refractivity contribution in [2.45, 2.75) is 18.8 Å². The van der Waals surface area contributed by atoms with E-state index in [2.05, 4.69) is 16.6 Å². The van der Waals surface area contributed by atoms with E-state index in [4.69, 9.17) is 4.98 Å². The number of benzene rings is 1. The van der Waals surface area contributed by atoms with Gasteiger partial charge in [-0.05, 0) is 32.0 Å². The zero-order valence-electron chi connectivity index (χ0n) is 13.9. The van der Waals surface area contributed by atoms with Crippen molar-refractivity contribution in [3.8, 4) is 10.4 Å². The molecule has 0 unspecified atom stereocenters. The van der Waals surface area contributed by atoms with Crippen LogP contribution in [0.2, 0.25) is 0 Å². The third-order valence-electron chi connectivity index (χ3n) is 4.91. The van der Waals surface area contributed by atoms with E-state index in [9.17, 15) is 4.39 Å². The van der Waals surface area contributed by atoms with Crippen LogP contribution in [0.3, 0.4) is 0 Å². The SMILES string of the molecule is Cn1cc2cc(-c3cn4cc(C5CCNCC5)nc4s3)c(F)cc2n1. The highest BCUT2D eigenvalue weighted by Crippen LogP contribution is 2.34. The topological polar surface area (TPSA) is 47.1 Å². The first-order chi connectivity index (χ1) is 12.2. The Morgan fingerprint density at radius 2 is 2.04 bits per heavy atom. The van der Waals surface area contributed by atoms with Crippen molar-refractivity contribution in [2.24, 2.45) is 7.05 Å². The molecule has 1 fully saturated rings. The third kappa shape index (κ3) is 2.54. The van der Waals surface area contributed by atoms with Crippen molar-refractivity contribution in [3.63, 3.8) is 0 Å². The van der Waals surface area contributed by atoms with Gasteiger partial charge in [-0.25, -0.2) is 9.37 Å². The quantitative estimate of drug-likeness (QED) is 0.598. The highest BCUT2D eigenvalue weighted by molar-refractivity contribution is 7.20. The Morgan fingerprint density at radius 1 is 1.20 bits per heavy atom. The van der Waals surface area contributed by atoms with E-state index in [1.54, 1.807) is 4.68 Å². The van der Waals surface area contributed by atoms with E-state index in [0.29, 0.717) is 17.0 Å². The van der Waals surface area contributed by atoms with Gasteiger partial charge in [0.2, 0.25) is 0 Å². The van der Waals surface area contributed by atoms with Gasteiger partial charge in [-0.3, -0.25) is 9.08 Å². The molecule has 7 heteroatoms. The standard InChI is InChI=1S/C18H18FN5S/c1-23-8-12-6-13(14(19)7-15(12)22-23)17-10-24-9-16(21-18(24)25-17)11-2-4-20-5-3-11/h6-11,20H,2-5H2,1H3. The van der Waals surface area contributed by atoms with Crippen molar-refractivity contribution in [1.29, 1.82) is 0 Å². The predicted octanol–water partition coefficient (Wildman–Crippen LogP) is 3.56. The lowest BCUT2D eigenvalue weighted by Gasteiger charge is -2.20. The number of piperidine rings is 1. The number of nitrogens with zero attached hydrogens (tertiary/aromatic N) is 4. The molecular formula is C18H18FN5S. The van der Waals surface area contributed by atoms with E-state index >= 15 is 0 Å². The van der Waals surface area contributed by atoms with E-state index < -0.39 is 0 Å². The second-order valence-electron chi connectivity index (χ2n) is 6.67. The summed E-state index contributed by atoms with van der Waals surface area (Å²) < 4.78 is 18.3. The summed E-state index contributed by atoms with van der Waals surface area (Å²) >= 11 is 1.53. The fraction of sp³-hybridized carbons (Fsp3) is 0.333. The number of hydrogen-bond donors (Lipinski definition) is 1. The number of thiazole rings is 1. The largest absolute Gasteiger partial charge is 0.317 e. The minimum Gasteiger partial charge on any atom is -0.317 e. The lowest BCUT2D eigenvalue weighted by molar-refractivity contribution is 0.454. The van der Waals surface area contributed by atoms with Crippen molar-refractivity contribution in [3.05, 3.63) is 42.2 Å². The average Bonchev–Trinajstić information content (AvgIpc) is 3.26. The van der Waals surface area contributed by atoms with Crippen LogP contribution in [0, 0.1) is 5.82 Å². The summed E-state index contributed by atoms with van der Waals surface area (Å²) in [6.45, 7) is 2.11. The number of hydrogen-bond acceptors (Lipinski definition) is 4. The molecule has 4 aromatic rings. The van der Waals surface area contributed by atoms with Crippen LogP contribution in [-0.2, 0) is 7.05 Å². The highest BCUT2D eigenvalue weighted by Gasteiger charge is 2.20. The second kappa shape index (κ2) is 5.64. The molecular weight excluding hydrogens is 337 g/mol. The Balaban J connectivity index is 1.54. The van der Waals surface area contributed by atoms with Gasteiger partial charge in [-0.2, -0.15) is 5.10 Å². The molecule has 0 radical (unpaired) electrons. The molecule has 1 N–H and O–H groups in total. The molecule has 25 heavy (non-hydrogen) atoms. The zero-order chi connectivity index (χ0) is 17.0. The molecule has 1 aliphatic rings. The number of aryl methyl sites for hydroxylation is 1. The summed E-state index contributed by atoms with van der Waals surface area (Å²) in [5.74, 6) is 0.287. The lowest BCUT2D eigenvalue weighted by atomic mass is 9.95. The van der Waals surface area contributed by atoms with Crippen LogP contribution in [-0.4, -0.2) is 32.3 Å². The molecule has 0 bridgehead atoms. The second-order valence-corrected chi connectivity index (χ2v) is 7.68.